The lowest BCUT2D eigenvalue weighted by Crippen LogP contribution is -2.34. The molecule has 1 rings (SSSR count). The fourth-order valence-electron chi connectivity index (χ4n) is 2.06. The molecule has 5 heteroatoms. The molecule has 0 saturated heterocycles. The van der Waals surface area contributed by atoms with Gasteiger partial charge < -0.3 is 15.5 Å². The number of nitrogens with two attached hydrogens (primary N) is 1. The molecule has 0 fully saturated rings. The summed E-state index contributed by atoms with van der Waals surface area (Å²) in [5.41, 5.74) is 9.16. The van der Waals surface area contributed by atoms with Crippen LogP contribution < -0.4 is 10.6 Å². The highest BCUT2D eigenvalue weighted by atomic mass is 15.3. The van der Waals surface area contributed by atoms with E-state index >= 15 is 0 Å². The largest absolute Gasteiger partial charge is 0.354 e. The van der Waals surface area contributed by atoms with Gasteiger partial charge in [-0.05, 0) is 39.9 Å². The molecule has 0 aromatic carbocycles. The molecule has 19 heavy (non-hydrogen) atoms. The Bertz CT molecular complexity index is 403. The lowest BCUT2D eigenvalue weighted by atomic mass is 10.1. The normalized spacial score (nSPS) is 11.1. The van der Waals surface area contributed by atoms with Gasteiger partial charge in [0.15, 0.2) is 5.82 Å². The predicted molar refractivity (Wildman–Crippen MR) is 80.5 cm³/mol. The van der Waals surface area contributed by atoms with Crippen molar-refractivity contribution >= 4 is 5.82 Å². The van der Waals surface area contributed by atoms with E-state index < -0.39 is 0 Å². The van der Waals surface area contributed by atoms with Gasteiger partial charge in [0.2, 0.25) is 0 Å². The molecule has 2 N–H and O–H groups in total. The summed E-state index contributed by atoms with van der Waals surface area (Å²) in [6.45, 7) is 9.68. The van der Waals surface area contributed by atoms with Crippen LogP contribution >= 0.6 is 0 Å². The van der Waals surface area contributed by atoms with Crippen molar-refractivity contribution in [1.29, 1.82) is 0 Å². The van der Waals surface area contributed by atoms with E-state index in [4.69, 9.17) is 5.73 Å². The third kappa shape index (κ3) is 4.14. The summed E-state index contributed by atoms with van der Waals surface area (Å²) in [6, 6.07) is 0. The number of hydrogen-bond acceptors (Lipinski definition) is 5. The maximum absolute atomic E-state index is 5.91. The first-order valence-electron chi connectivity index (χ1n) is 6.93. The number of likely N-dealkylation sites (N-methyl/N-ethyl adjacent to an activating group) is 1. The Balaban J connectivity index is 3.04. The first-order valence-corrected chi connectivity index (χ1v) is 6.93. The van der Waals surface area contributed by atoms with Gasteiger partial charge in [0.25, 0.3) is 0 Å². The molecule has 0 unspecified atom stereocenters. The Kier molecular flexibility index (Phi) is 6.18. The van der Waals surface area contributed by atoms with Crippen molar-refractivity contribution in [3.05, 3.63) is 16.8 Å². The zero-order valence-corrected chi connectivity index (χ0v) is 12.9. The highest BCUT2D eigenvalue weighted by Crippen LogP contribution is 2.21. The summed E-state index contributed by atoms with van der Waals surface area (Å²) >= 11 is 0. The second-order valence-corrected chi connectivity index (χ2v) is 5.21. The first kappa shape index (κ1) is 15.9. The Morgan fingerprint density at radius 3 is 2.26 bits per heavy atom. The summed E-state index contributed by atoms with van der Waals surface area (Å²) in [7, 11) is 4.17. The second kappa shape index (κ2) is 7.40. The third-order valence-corrected chi connectivity index (χ3v) is 3.37. The molecule has 0 aliphatic carbocycles. The second-order valence-electron chi connectivity index (χ2n) is 5.21. The number of nitrogens with zero attached hydrogens (tertiary/aromatic N) is 4. The van der Waals surface area contributed by atoms with Gasteiger partial charge >= 0.3 is 0 Å². The van der Waals surface area contributed by atoms with Gasteiger partial charge in [-0.3, -0.25) is 0 Å². The van der Waals surface area contributed by atoms with E-state index in [1.807, 2.05) is 6.92 Å². The molecule has 0 aliphatic heterocycles. The molecule has 1 aromatic rings. The molecule has 0 spiro atoms. The number of anilines is 1. The van der Waals surface area contributed by atoms with Gasteiger partial charge in [-0.2, -0.15) is 5.10 Å². The lowest BCUT2D eigenvalue weighted by molar-refractivity contribution is 0.412. The van der Waals surface area contributed by atoms with Crippen LogP contribution in [0.15, 0.2) is 0 Å². The van der Waals surface area contributed by atoms with Crippen LogP contribution in [0, 0.1) is 13.8 Å². The summed E-state index contributed by atoms with van der Waals surface area (Å²) in [5, 5.41) is 8.64. The minimum absolute atomic E-state index is 0.514. The maximum atomic E-state index is 5.91. The van der Waals surface area contributed by atoms with Crippen molar-refractivity contribution in [2.75, 3.05) is 38.6 Å². The van der Waals surface area contributed by atoms with Gasteiger partial charge in [-0.15, -0.1) is 5.10 Å². The SMILES string of the molecule is CCCN(CCN(C)C)c1nnc(C)c(C)c1CN. The molecule has 0 bridgehead atoms. The highest BCUT2D eigenvalue weighted by Gasteiger charge is 2.15. The molecule has 1 aromatic heterocycles. The molecule has 5 nitrogen and oxygen atoms in total. The smallest absolute Gasteiger partial charge is 0.156 e. The Labute approximate surface area is 116 Å². The number of aryl methyl sites for hydroxylation is 1. The Morgan fingerprint density at radius 1 is 1.05 bits per heavy atom. The van der Waals surface area contributed by atoms with Crippen molar-refractivity contribution in [3.63, 3.8) is 0 Å². The minimum atomic E-state index is 0.514. The van der Waals surface area contributed by atoms with Gasteiger partial charge in [0.1, 0.15) is 0 Å². The van der Waals surface area contributed by atoms with Gasteiger partial charge in [-0.25, -0.2) is 0 Å². The zero-order valence-electron chi connectivity index (χ0n) is 12.9. The molecule has 0 aliphatic rings. The van der Waals surface area contributed by atoms with Crippen LogP contribution in [0.2, 0.25) is 0 Å². The van der Waals surface area contributed by atoms with Crippen molar-refractivity contribution in [1.82, 2.24) is 15.1 Å². The molecular formula is C14H27N5. The number of hydrogen-bond donors (Lipinski definition) is 1. The fraction of sp³-hybridized carbons (Fsp3) is 0.714. The van der Waals surface area contributed by atoms with Gasteiger partial charge in [0, 0.05) is 31.7 Å². The molecule has 0 atom stereocenters. The number of rotatable bonds is 7. The molecule has 0 amide bonds. The molecule has 1 heterocycles. The average Bonchev–Trinajstić information content (AvgIpc) is 2.37. The quantitative estimate of drug-likeness (QED) is 0.806. The van der Waals surface area contributed by atoms with E-state index in [1.54, 1.807) is 0 Å². The van der Waals surface area contributed by atoms with E-state index in [1.165, 1.54) is 5.56 Å². The number of aromatic nitrogens is 2. The van der Waals surface area contributed by atoms with Crippen LogP contribution in [-0.2, 0) is 6.54 Å². The van der Waals surface area contributed by atoms with E-state index in [0.717, 1.165) is 43.1 Å². The topological polar surface area (TPSA) is 58.3 Å². The molecular weight excluding hydrogens is 238 g/mol. The van der Waals surface area contributed by atoms with Gasteiger partial charge in [-0.1, -0.05) is 6.92 Å². The van der Waals surface area contributed by atoms with Crippen molar-refractivity contribution < 1.29 is 0 Å². The Hall–Kier alpha value is -1.20. The lowest BCUT2D eigenvalue weighted by Gasteiger charge is -2.27. The van der Waals surface area contributed by atoms with Crippen molar-refractivity contribution in [2.45, 2.75) is 33.7 Å². The van der Waals surface area contributed by atoms with E-state index in [0.29, 0.717) is 6.54 Å². The summed E-state index contributed by atoms with van der Waals surface area (Å²) in [5.74, 6) is 0.953. The van der Waals surface area contributed by atoms with Gasteiger partial charge in [0.05, 0.1) is 5.69 Å². The van der Waals surface area contributed by atoms with Crippen molar-refractivity contribution in [2.24, 2.45) is 5.73 Å². The summed E-state index contributed by atoms with van der Waals surface area (Å²) < 4.78 is 0. The standard InChI is InChI=1S/C14H27N5/c1-6-7-19(9-8-18(4)5)14-13(10-15)11(2)12(3)16-17-14/h6-10,15H2,1-5H3. The van der Waals surface area contributed by atoms with Crippen LogP contribution in [0.1, 0.15) is 30.2 Å². The van der Waals surface area contributed by atoms with Crippen LogP contribution in [-0.4, -0.2) is 48.8 Å². The van der Waals surface area contributed by atoms with E-state index in [-0.39, 0.29) is 0 Å². The van der Waals surface area contributed by atoms with E-state index in [2.05, 4.69) is 47.9 Å². The van der Waals surface area contributed by atoms with Crippen LogP contribution in [0.4, 0.5) is 5.82 Å². The van der Waals surface area contributed by atoms with Crippen LogP contribution in [0.3, 0.4) is 0 Å². The highest BCUT2D eigenvalue weighted by molar-refractivity contribution is 5.50. The van der Waals surface area contributed by atoms with E-state index in [9.17, 15) is 0 Å². The molecule has 108 valence electrons. The molecule has 0 radical (unpaired) electrons. The van der Waals surface area contributed by atoms with Crippen LogP contribution in [0.25, 0.3) is 0 Å². The third-order valence-electron chi connectivity index (χ3n) is 3.37. The summed E-state index contributed by atoms with van der Waals surface area (Å²) in [6.07, 6.45) is 1.09. The fourth-order valence-corrected chi connectivity index (χ4v) is 2.06. The van der Waals surface area contributed by atoms with Crippen molar-refractivity contribution in [3.8, 4) is 0 Å². The molecule has 0 saturated carbocycles. The average molecular weight is 265 g/mol. The summed E-state index contributed by atoms with van der Waals surface area (Å²) in [4.78, 5) is 4.47. The van der Waals surface area contributed by atoms with Crippen LogP contribution in [0.5, 0.6) is 0 Å². The zero-order chi connectivity index (χ0) is 14.4. The predicted octanol–water partition coefficient (Wildman–Crippen LogP) is 1.33. The maximum Gasteiger partial charge on any atom is 0.156 e. The Morgan fingerprint density at radius 2 is 1.74 bits per heavy atom. The first-order chi connectivity index (χ1) is 9.01. The monoisotopic (exact) mass is 265 g/mol. The minimum Gasteiger partial charge on any atom is -0.354 e.